The highest BCUT2D eigenvalue weighted by molar-refractivity contribution is 5.94. The number of hydrogen-bond donors (Lipinski definition) is 1. The highest BCUT2D eigenvalue weighted by Crippen LogP contribution is 2.25. The molecule has 1 saturated heterocycles. The number of hydrogen-bond acceptors (Lipinski definition) is 2. The molecule has 104 valence electrons. The monoisotopic (exact) mass is 277 g/mol. The van der Waals surface area contributed by atoms with Crippen LogP contribution in [0.1, 0.15) is 23.7 Å². The lowest BCUT2D eigenvalue weighted by molar-refractivity contribution is 0.0568. The summed E-state index contributed by atoms with van der Waals surface area (Å²) in [6.45, 7) is 1.54. The van der Waals surface area contributed by atoms with Crippen LogP contribution in [-0.4, -0.2) is 34.6 Å². The van der Waals surface area contributed by atoms with Crippen molar-refractivity contribution in [2.45, 2.75) is 18.9 Å². The largest absolute Gasteiger partial charge is 0.388 e. The standard InChI is InChI=1S/C12H11F4NO2/c1-12(19)2-3-17(5-12)11(18)6-4-7(13)9(15)10(16)8(6)14/h4,19H,2-3,5H2,1H3. The van der Waals surface area contributed by atoms with Gasteiger partial charge in [-0.2, -0.15) is 0 Å². The Morgan fingerprint density at radius 3 is 2.42 bits per heavy atom. The summed E-state index contributed by atoms with van der Waals surface area (Å²) in [5.74, 6) is -8.31. The maximum atomic E-state index is 13.4. The van der Waals surface area contributed by atoms with Crippen molar-refractivity contribution in [3.63, 3.8) is 0 Å². The Labute approximate surface area is 106 Å². The van der Waals surface area contributed by atoms with Gasteiger partial charge in [0.1, 0.15) is 0 Å². The van der Waals surface area contributed by atoms with Crippen molar-refractivity contribution in [1.82, 2.24) is 4.90 Å². The molecular weight excluding hydrogens is 266 g/mol. The number of carbonyl (C=O) groups is 1. The number of likely N-dealkylation sites (tertiary alicyclic amines) is 1. The van der Waals surface area contributed by atoms with Crippen LogP contribution >= 0.6 is 0 Å². The van der Waals surface area contributed by atoms with Gasteiger partial charge in [-0.3, -0.25) is 4.79 Å². The smallest absolute Gasteiger partial charge is 0.257 e. The van der Waals surface area contributed by atoms with Crippen molar-refractivity contribution >= 4 is 5.91 Å². The molecule has 0 aromatic heterocycles. The molecule has 3 nitrogen and oxygen atoms in total. The Kier molecular flexibility index (Phi) is 3.25. The van der Waals surface area contributed by atoms with Gasteiger partial charge in [-0.05, 0) is 19.4 Å². The number of benzene rings is 1. The molecule has 1 atom stereocenters. The third-order valence-corrected chi connectivity index (χ3v) is 3.07. The van der Waals surface area contributed by atoms with Crippen molar-refractivity contribution in [3.05, 3.63) is 34.9 Å². The summed E-state index contributed by atoms with van der Waals surface area (Å²) in [5.41, 5.74) is -2.00. The predicted molar refractivity (Wildman–Crippen MR) is 57.4 cm³/mol. The summed E-state index contributed by atoms with van der Waals surface area (Å²) in [7, 11) is 0. The van der Waals surface area contributed by atoms with Crippen LogP contribution in [-0.2, 0) is 0 Å². The summed E-state index contributed by atoms with van der Waals surface area (Å²) >= 11 is 0. The van der Waals surface area contributed by atoms with Gasteiger partial charge < -0.3 is 10.0 Å². The molecule has 1 unspecified atom stereocenters. The van der Waals surface area contributed by atoms with E-state index in [1.54, 1.807) is 0 Å². The molecule has 1 aliphatic heterocycles. The number of nitrogens with zero attached hydrogens (tertiary/aromatic N) is 1. The average molecular weight is 277 g/mol. The van der Waals surface area contributed by atoms with Crippen LogP contribution in [0, 0.1) is 23.3 Å². The average Bonchev–Trinajstić information content (AvgIpc) is 2.71. The second-order valence-electron chi connectivity index (χ2n) is 4.82. The quantitative estimate of drug-likeness (QED) is 0.483. The second kappa shape index (κ2) is 4.48. The molecule has 2 rings (SSSR count). The normalized spacial score (nSPS) is 22.9. The van der Waals surface area contributed by atoms with E-state index in [1.165, 1.54) is 6.92 Å². The summed E-state index contributed by atoms with van der Waals surface area (Å²) in [5, 5.41) is 9.69. The van der Waals surface area contributed by atoms with Crippen LogP contribution in [0.4, 0.5) is 17.6 Å². The molecule has 1 heterocycles. The van der Waals surface area contributed by atoms with Crippen molar-refractivity contribution in [2.24, 2.45) is 0 Å². The van der Waals surface area contributed by atoms with Crippen molar-refractivity contribution < 1.29 is 27.5 Å². The molecule has 1 aliphatic rings. The molecule has 0 bridgehead atoms. The third-order valence-electron chi connectivity index (χ3n) is 3.07. The van der Waals surface area contributed by atoms with Crippen LogP contribution in [0.25, 0.3) is 0 Å². The zero-order valence-electron chi connectivity index (χ0n) is 10.0. The first-order chi connectivity index (χ1) is 8.73. The fourth-order valence-electron chi connectivity index (χ4n) is 2.02. The molecule has 1 aromatic rings. The van der Waals surface area contributed by atoms with E-state index >= 15 is 0 Å². The molecule has 1 fully saturated rings. The van der Waals surface area contributed by atoms with Crippen LogP contribution in [0.3, 0.4) is 0 Å². The Balaban J connectivity index is 2.35. The van der Waals surface area contributed by atoms with E-state index in [0.717, 1.165) is 4.90 Å². The van der Waals surface area contributed by atoms with Crippen LogP contribution in [0.5, 0.6) is 0 Å². The first kappa shape index (κ1) is 13.8. The van der Waals surface area contributed by atoms with Crippen LogP contribution in [0.15, 0.2) is 6.07 Å². The van der Waals surface area contributed by atoms with Gasteiger partial charge >= 0.3 is 0 Å². The van der Waals surface area contributed by atoms with E-state index < -0.39 is 40.3 Å². The van der Waals surface area contributed by atoms with Crippen LogP contribution < -0.4 is 0 Å². The summed E-state index contributed by atoms with van der Waals surface area (Å²) in [4.78, 5) is 13.0. The number of halogens is 4. The van der Waals surface area contributed by atoms with Crippen molar-refractivity contribution in [3.8, 4) is 0 Å². The number of rotatable bonds is 1. The lowest BCUT2D eigenvalue weighted by Gasteiger charge is -2.19. The predicted octanol–water partition coefficient (Wildman–Crippen LogP) is 1.84. The highest BCUT2D eigenvalue weighted by Gasteiger charge is 2.36. The van der Waals surface area contributed by atoms with E-state index in [-0.39, 0.29) is 19.5 Å². The Hall–Kier alpha value is -1.63. The van der Waals surface area contributed by atoms with E-state index in [9.17, 15) is 27.5 Å². The molecule has 0 spiro atoms. The molecule has 1 amide bonds. The Bertz CT molecular complexity index is 545. The van der Waals surface area contributed by atoms with Gasteiger partial charge in [-0.1, -0.05) is 0 Å². The van der Waals surface area contributed by atoms with Gasteiger partial charge in [-0.25, -0.2) is 17.6 Å². The third kappa shape index (κ3) is 2.42. The SMILES string of the molecule is CC1(O)CCN(C(=O)c2cc(F)c(F)c(F)c2F)C1. The van der Waals surface area contributed by atoms with Gasteiger partial charge in [0, 0.05) is 13.1 Å². The van der Waals surface area contributed by atoms with Gasteiger partial charge in [0.05, 0.1) is 11.2 Å². The van der Waals surface area contributed by atoms with Crippen molar-refractivity contribution in [1.29, 1.82) is 0 Å². The minimum atomic E-state index is -2.02. The lowest BCUT2D eigenvalue weighted by atomic mass is 10.1. The number of carbonyl (C=O) groups excluding carboxylic acids is 1. The highest BCUT2D eigenvalue weighted by atomic mass is 19.2. The minimum Gasteiger partial charge on any atom is -0.388 e. The number of amides is 1. The minimum absolute atomic E-state index is 0.0775. The maximum Gasteiger partial charge on any atom is 0.257 e. The van der Waals surface area contributed by atoms with E-state index in [2.05, 4.69) is 0 Å². The zero-order chi connectivity index (χ0) is 14.4. The summed E-state index contributed by atoms with van der Waals surface area (Å²) < 4.78 is 52.3. The summed E-state index contributed by atoms with van der Waals surface area (Å²) in [6, 6.07) is 0.323. The number of β-amino-alcohol motifs (C(OH)–C–C–N with tert-alkyl or cyclic N) is 1. The molecule has 1 aromatic carbocycles. The zero-order valence-corrected chi connectivity index (χ0v) is 10.0. The van der Waals surface area contributed by atoms with Crippen LogP contribution in [0.2, 0.25) is 0 Å². The molecular formula is C12H11F4NO2. The maximum absolute atomic E-state index is 13.4. The molecule has 0 saturated carbocycles. The lowest BCUT2D eigenvalue weighted by Crippen LogP contribution is -2.34. The van der Waals surface area contributed by atoms with Gasteiger partial charge in [0.2, 0.25) is 0 Å². The van der Waals surface area contributed by atoms with Crippen molar-refractivity contribution in [2.75, 3.05) is 13.1 Å². The van der Waals surface area contributed by atoms with E-state index in [1.807, 2.05) is 0 Å². The molecule has 0 radical (unpaired) electrons. The molecule has 1 N–H and O–H groups in total. The Morgan fingerprint density at radius 2 is 1.89 bits per heavy atom. The first-order valence-electron chi connectivity index (χ1n) is 5.57. The first-order valence-corrected chi connectivity index (χ1v) is 5.57. The van der Waals surface area contributed by atoms with E-state index in [4.69, 9.17) is 0 Å². The van der Waals surface area contributed by atoms with E-state index in [0.29, 0.717) is 6.07 Å². The summed E-state index contributed by atoms with van der Waals surface area (Å²) in [6.07, 6.45) is 0.270. The topological polar surface area (TPSA) is 40.5 Å². The Morgan fingerprint density at radius 1 is 1.26 bits per heavy atom. The second-order valence-corrected chi connectivity index (χ2v) is 4.82. The molecule has 19 heavy (non-hydrogen) atoms. The fourth-order valence-corrected chi connectivity index (χ4v) is 2.02. The molecule has 7 heteroatoms. The van der Waals surface area contributed by atoms with Gasteiger partial charge in [0.25, 0.3) is 5.91 Å². The number of aliphatic hydroxyl groups is 1. The fraction of sp³-hybridized carbons (Fsp3) is 0.417. The van der Waals surface area contributed by atoms with Gasteiger partial charge in [0.15, 0.2) is 23.3 Å². The van der Waals surface area contributed by atoms with Gasteiger partial charge in [-0.15, -0.1) is 0 Å². The molecule has 0 aliphatic carbocycles.